The summed E-state index contributed by atoms with van der Waals surface area (Å²) in [5.74, 6) is -0.270. The van der Waals surface area contributed by atoms with E-state index in [1.165, 1.54) is 4.88 Å². The lowest BCUT2D eigenvalue weighted by Gasteiger charge is -2.38. The average Bonchev–Trinajstić information content (AvgIpc) is 3.35. The Kier molecular flexibility index (Phi) is 9.07. The second-order valence-electron chi connectivity index (χ2n) is 8.85. The molecule has 0 radical (unpaired) electrons. The molecule has 5 nitrogen and oxygen atoms in total. The lowest BCUT2D eigenvalue weighted by molar-refractivity contribution is -0.134. The third kappa shape index (κ3) is 6.12. The van der Waals surface area contributed by atoms with Gasteiger partial charge in [0.25, 0.3) is 5.91 Å². The number of aryl methyl sites for hydroxylation is 1. The Morgan fingerprint density at radius 3 is 2.61 bits per heavy atom. The number of carbonyl (C=O) groups excluding carboxylic acids is 2. The van der Waals surface area contributed by atoms with Gasteiger partial charge in [-0.15, -0.1) is 11.3 Å². The van der Waals surface area contributed by atoms with E-state index in [-0.39, 0.29) is 24.4 Å². The van der Waals surface area contributed by atoms with Crippen molar-refractivity contribution in [2.24, 2.45) is 0 Å². The van der Waals surface area contributed by atoms with Gasteiger partial charge in [0.15, 0.2) is 0 Å². The predicted octanol–water partition coefficient (Wildman–Crippen LogP) is 6.41. The zero-order chi connectivity index (χ0) is 25.7. The van der Waals surface area contributed by atoms with Crippen LogP contribution in [0.4, 0.5) is 0 Å². The highest BCUT2D eigenvalue weighted by Gasteiger charge is 2.35. The van der Waals surface area contributed by atoms with Crippen LogP contribution in [0.15, 0.2) is 53.9 Å². The topological polar surface area (TPSA) is 49.9 Å². The molecule has 0 fully saturated rings. The van der Waals surface area contributed by atoms with Crippen LogP contribution >= 0.6 is 34.5 Å². The number of amides is 2. The minimum absolute atomic E-state index is 0.0139. The molecule has 1 atom stereocenters. The van der Waals surface area contributed by atoms with Crippen LogP contribution in [0, 0.1) is 6.92 Å². The zero-order valence-electron chi connectivity index (χ0n) is 20.5. The predicted molar refractivity (Wildman–Crippen MR) is 146 cm³/mol. The van der Waals surface area contributed by atoms with Crippen LogP contribution in [-0.2, 0) is 16.0 Å². The summed E-state index contributed by atoms with van der Waals surface area (Å²) in [5.41, 5.74) is 3.56. The molecular weight excluding hydrogens is 515 g/mol. The largest absolute Gasteiger partial charge is 0.382 e. The second kappa shape index (κ2) is 12.2. The summed E-state index contributed by atoms with van der Waals surface area (Å²) >= 11 is 14.5. The molecule has 2 amide bonds. The first kappa shape index (κ1) is 26.7. The van der Waals surface area contributed by atoms with Gasteiger partial charge in [-0.25, -0.2) is 0 Å². The summed E-state index contributed by atoms with van der Waals surface area (Å²) < 4.78 is 5.48. The molecule has 2 aromatic carbocycles. The number of halogens is 2. The zero-order valence-corrected chi connectivity index (χ0v) is 22.8. The van der Waals surface area contributed by atoms with Gasteiger partial charge in [0.05, 0.1) is 6.04 Å². The standard InChI is InChI=1S/C28H30Cl2N2O3S/c1-3-35-15-4-13-31(28(34)20-7-5-19(2)6-8-20)18-26(33)32-14-11-25-23(12-16-36-25)27(32)22-10-9-21(29)17-24(22)30/h5-10,12,16-17,27H,3-4,11,13-15,18H2,1-2H3. The van der Waals surface area contributed by atoms with Crippen molar-refractivity contribution in [1.82, 2.24) is 9.80 Å². The fourth-order valence-corrected chi connectivity index (χ4v) is 5.95. The van der Waals surface area contributed by atoms with E-state index in [4.69, 9.17) is 27.9 Å². The van der Waals surface area contributed by atoms with Gasteiger partial charge in [0.1, 0.15) is 6.54 Å². The minimum Gasteiger partial charge on any atom is -0.382 e. The fraction of sp³-hybridized carbons (Fsp3) is 0.357. The van der Waals surface area contributed by atoms with Gasteiger partial charge in [0.2, 0.25) is 5.91 Å². The van der Waals surface area contributed by atoms with Crippen LogP contribution in [0.3, 0.4) is 0 Å². The van der Waals surface area contributed by atoms with Crippen molar-refractivity contribution >= 4 is 46.4 Å². The third-order valence-electron chi connectivity index (χ3n) is 6.38. The molecule has 8 heteroatoms. The quantitative estimate of drug-likeness (QED) is 0.292. The van der Waals surface area contributed by atoms with E-state index in [1.54, 1.807) is 28.4 Å². The fourth-order valence-electron chi connectivity index (χ4n) is 4.53. The Bertz CT molecular complexity index is 1210. The van der Waals surface area contributed by atoms with Gasteiger partial charge in [-0.05, 0) is 73.5 Å². The van der Waals surface area contributed by atoms with Crippen LogP contribution in [-0.4, -0.2) is 54.5 Å². The number of fused-ring (bicyclic) bond motifs is 1. The molecule has 190 valence electrons. The van der Waals surface area contributed by atoms with Crippen molar-refractivity contribution in [1.29, 1.82) is 0 Å². The second-order valence-corrected chi connectivity index (χ2v) is 10.7. The Labute approximate surface area is 226 Å². The van der Waals surface area contributed by atoms with E-state index >= 15 is 0 Å². The summed E-state index contributed by atoms with van der Waals surface area (Å²) in [4.78, 5) is 32.0. The van der Waals surface area contributed by atoms with Crippen molar-refractivity contribution in [2.75, 3.05) is 32.8 Å². The number of ether oxygens (including phenoxy) is 1. The Balaban J connectivity index is 1.60. The van der Waals surface area contributed by atoms with Gasteiger partial charge in [0, 0.05) is 46.8 Å². The van der Waals surface area contributed by atoms with Crippen molar-refractivity contribution in [3.63, 3.8) is 0 Å². The van der Waals surface area contributed by atoms with E-state index in [9.17, 15) is 9.59 Å². The summed E-state index contributed by atoms with van der Waals surface area (Å²) in [6.07, 6.45) is 1.43. The smallest absolute Gasteiger partial charge is 0.254 e. The highest BCUT2D eigenvalue weighted by Crippen LogP contribution is 2.41. The van der Waals surface area contributed by atoms with Gasteiger partial charge >= 0.3 is 0 Å². The van der Waals surface area contributed by atoms with Crippen LogP contribution in [0.25, 0.3) is 0 Å². The van der Waals surface area contributed by atoms with E-state index in [2.05, 4.69) is 11.4 Å². The maximum absolute atomic E-state index is 13.8. The number of hydrogen-bond acceptors (Lipinski definition) is 4. The first-order valence-corrected chi connectivity index (χ1v) is 13.8. The van der Waals surface area contributed by atoms with Crippen LogP contribution < -0.4 is 0 Å². The highest BCUT2D eigenvalue weighted by atomic mass is 35.5. The molecule has 1 unspecified atom stereocenters. The van der Waals surface area contributed by atoms with Gasteiger partial charge in [-0.3, -0.25) is 9.59 Å². The first-order valence-electron chi connectivity index (χ1n) is 12.1. The number of nitrogens with zero attached hydrogens (tertiary/aromatic N) is 2. The first-order chi connectivity index (χ1) is 17.4. The average molecular weight is 546 g/mol. The van der Waals surface area contributed by atoms with Crippen LogP contribution in [0.5, 0.6) is 0 Å². The summed E-state index contributed by atoms with van der Waals surface area (Å²) in [6, 6.07) is 14.6. The molecule has 1 aliphatic rings. The van der Waals surface area contributed by atoms with E-state index < -0.39 is 0 Å². The molecule has 0 N–H and O–H groups in total. The highest BCUT2D eigenvalue weighted by molar-refractivity contribution is 7.10. The van der Waals surface area contributed by atoms with E-state index in [0.717, 1.165) is 23.1 Å². The number of thiophene rings is 1. The Hall–Kier alpha value is -2.38. The van der Waals surface area contributed by atoms with E-state index in [1.807, 2.05) is 49.1 Å². The van der Waals surface area contributed by atoms with Crippen molar-refractivity contribution < 1.29 is 14.3 Å². The van der Waals surface area contributed by atoms with Crippen molar-refractivity contribution in [3.05, 3.63) is 91.1 Å². The Morgan fingerprint density at radius 1 is 1.11 bits per heavy atom. The summed E-state index contributed by atoms with van der Waals surface area (Å²) in [6.45, 7) is 6.05. The lowest BCUT2D eigenvalue weighted by Crippen LogP contribution is -2.47. The van der Waals surface area contributed by atoms with Crippen LogP contribution in [0.1, 0.15) is 51.3 Å². The van der Waals surface area contributed by atoms with Crippen molar-refractivity contribution in [3.8, 4) is 0 Å². The van der Waals surface area contributed by atoms with E-state index in [0.29, 0.717) is 48.3 Å². The molecule has 36 heavy (non-hydrogen) atoms. The molecule has 4 rings (SSSR count). The molecule has 1 aliphatic heterocycles. The number of benzene rings is 2. The van der Waals surface area contributed by atoms with Gasteiger partial charge in [-0.1, -0.05) is 47.0 Å². The molecule has 0 aliphatic carbocycles. The minimum atomic E-state index is -0.322. The summed E-state index contributed by atoms with van der Waals surface area (Å²) in [7, 11) is 0. The van der Waals surface area contributed by atoms with Gasteiger partial charge in [-0.2, -0.15) is 0 Å². The van der Waals surface area contributed by atoms with Crippen molar-refractivity contribution in [2.45, 2.75) is 32.7 Å². The molecule has 0 saturated carbocycles. The number of rotatable bonds is 9. The molecule has 2 heterocycles. The van der Waals surface area contributed by atoms with Gasteiger partial charge < -0.3 is 14.5 Å². The molecule has 0 bridgehead atoms. The third-order valence-corrected chi connectivity index (χ3v) is 7.93. The SMILES string of the molecule is CCOCCCN(CC(=O)N1CCc2sccc2C1c1ccc(Cl)cc1Cl)C(=O)c1ccc(C)cc1. The molecular formula is C28H30Cl2N2O3S. The molecule has 0 spiro atoms. The number of carbonyl (C=O) groups is 2. The maximum atomic E-state index is 13.8. The lowest BCUT2D eigenvalue weighted by atomic mass is 9.93. The van der Waals surface area contributed by atoms with Crippen LogP contribution in [0.2, 0.25) is 10.0 Å². The maximum Gasteiger partial charge on any atom is 0.254 e. The molecule has 1 aromatic heterocycles. The summed E-state index contributed by atoms with van der Waals surface area (Å²) in [5, 5.41) is 3.12. The molecule has 3 aromatic rings. The monoisotopic (exact) mass is 544 g/mol. The normalized spacial score (nSPS) is 15.0. The number of hydrogen-bond donors (Lipinski definition) is 0. The Morgan fingerprint density at radius 2 is 1.89 bits per heavy atom. The molecule has 0 saturated heterocycles.